The largest absolute Gasteiger partial charge is 0.458 e. The Morgan fingerprint density at radius 3 is 2.12 bits per heavy atom. The van der Waals surface area contributed by atoms with Gasteiger partial charge in [0.25, 0.3) is 0 Å². The SMILES string of the molecule is O=C(OC[C@H](OC(=O)c1ccccc1)[C@@H]1C[C@H](C2(O)CCCCC2)C(=O)O1)c1ccccc1. The molecule has 1 heterocycles. The highest BCUT2D eigenvalue weighted by atomic mass is 16.6. The molecule has 7 nitrogen and oxygen atoms in total. The fourth-order valence-electron chi connectivity index (χ4n) is 4.60. The number of cyclic esters (lactones) is 1. The second-order valence-electron chi connectivity index (χ2n) is 8.70. The summed E-state index contributed by atoms with van der Waals surface area (Å²) in [4.78, 5) is 37.8. The van der Waals surface area contributed by atoms with E-state index < -0.39 is 41.6 Å². The van der Waals surface area contributed by atoms with Gasteiger partial charge in [-0.2, -0.15) is 0 Å². The van der Waals surface area contributed by atoms with Crippen molar-refractivity contribution in [2.75, 3.05) is 6.61 Å². The van der Waals surface area contributed by atoms with Crippen LogP contribution in [0.15, 0.2) is 60.7 Å². The summed E-state index contributed by atoms with van der Waals surface area (Å²) in [6, 6.07) is 16.9. The third-order valence-corrected chi connectivity index (χ3v) is 6.46. The molecule has 0 bridgehead atoms. The average Bonchev–Trinajstić information content (AvgIpc) is 3.25. The molecule has 2 aromatic rings. The van der Waals surface area contributed by atoms with Gasteiger partial charge in [0.2, 0.25) is 0 Å². The van der Waals surface area contributed by atoms with Gasteiger partial charge in [-0.25, -0.2) is 9.59 Å². The summed E-state index contributed by atoms with van der Waals surface area (Å²) in [5.41, 5.74) is -0.411. The molecule has 2 aromatic carbocycles. The zero-order valence-corrected chi connectivity index (χ0v) is 18.4. The highest BCUT2D eigenvalue weighted by Gasteiger charge is 2.51. The van der Waals surface area contributed by atoms with E-state index in [2.05, 4.69) is 0 Å². The number of esters is 3. The monoisotopic (exact) mass is 452 g/mol. The minimum Gasteiger partial charge on any atom is -0.458 e. The lowest BCUT2D eigenvalue weighted by Crippen LogP contribution is -2.42. The van der Waals surface area contributed by atoms with E-state index in [4.69, 9.17) is 14.2 Å². The number of ether oxygens (including phenoxy) is 3. The number of benzene rings is 2. The van der Waals surface area contributed by atoms with Crippen LogP contribution in [0.3, 0.4) is 0 Å². The minimum atomic E-state index is -1.11. The predicted molar refractivity (Wildman–Crippen MR) is 118 cm³/mol. The number of hydrogen-bond acceptors (Lipinski definition) is 7. The quantitative estimate of drug-likeness (QED) is 0.505. The first-order valence-corrected chi connectivity index (χ1v) is 11.4. The number of carbonyl (C=O) groups excluding carboxylic acids is 3. The first-order valence-electron chi connectivity index (χ1n) is 11.4. The number of hydrogen-bond donors (Lipinski definition) is 1. The van der Waals surface area contributed by atoms with Crippen molar-refractivity contribution < 1.29 is 33.7 Å². The van der Waals surface area contributed by atoms with Crippen LogP contribution in [0.4, 0.5) is 0 Å². The van der Waals surface area contributed by atoms with Crippen LogP contribution in [0.2, 0.25) is 0 Å². The summed E-state index contributed by atoms with van der Waals surface area (Å²) in [7, 11) is 0. The number of rotatable bonds is 7. The Bertz CT molecular complexity index is 967. The van der Waals surface area contributed by atoms with Crippen LogP contribution >= 0.6 is 0 Å². The smallest absolute Gasteiger partial charge is 0.338 e. The molecule has 1 saturated carbocycles. The summed E-state index contributed by atoms with van der Waals surface area (Å²) >= 11 is 0. The Labute approximate surface area is 192 Å². The van der Waals surface area contributed by atoms with Gasteiger partial charge in [-0.05, 0) is 37.1 Å². The van der Waals surface area contributed by atoms with Crippen molar-refractivity contribution in [1.82, 2.24) is 0 Å². The summed E-state index contributed by atoms with van der Waals surface area (Å²) in [5, 5.41) is 11.1. The van der Waals surface area contributed by atoms with Crippen molar-refractivity contribution in [2.24, 2.45) is 5.92 Å². The van der Waals surface area contributed by atoms with Gasteiger partial charge in [0, 0.05) is 6.42 Å². The van der Waals surface area contributed by atoms with Crippen molar-refractivity contribution in [3.8, 4) is 0 Å². The topological polar surface area (TPSA) is 99.1 Å². The summed E-state index contributed by atoms with van der Waals surface area (Å²) < 4.78 is 16.6. The van der Waals surface area contributed by atoms with Gasteiger partial charge < -0.3 is 19.3 Å². The van der Waals surface area contributed by atoms with E-state index in [-0.39, 0.29) is 13.0 Å². The van der Waals surface area contributed by atoms with E-state index in [0.29, 0.717) is 24.0 Å². The fourth-order valence-corrected chi connectivity index (χ4v) is 4.60. The molecule has 2 fully saturated rings. The normalized spacial score (nSPS) is 22.8. The predicted octanol–water partition coefficient (Wildman–Crippen LogP) is 3.70. The van der Waals surface area contributed by atoms with Crippen LogP contribution in [-0.4, -0.2) is 47.4 Å². The van der Waals surface area contributed by atoms with Crippen molar-refractivity contribution in [1.29, 1.82) is 0 Å². The van der Waals surface area contributed by atoms with Crippen LogP contribution in [0.5, 0.6) is 0 Å². The molecule has 1 saturated heterocycles. The van der Waals surface area contributed by atoms with Crippen molar-refractivity contribution in [3.63, 3.8) is 0 Å². The average molecular weight is 453 g/mol. The lowest BCUT2D eigenvalue weighted by atomic mass is 9.74. The molecule has 0 unspecified atom stereocenters. The molecule has 0 aromatic heterocycles. The summed E-state index contributed by atoms with van der Waals surface area (Å²) in [5.74, 6) is -2.36. The molecule has 174 valence electrons. The first-order chi connectivity index (χ1) is 16.0. The van der Waals surface area contributed by atoms with E-state index in [1.165, 1.54) is 0 Å². The van der Waals surface area contributed by atoms with E-state index >= 15 is 0 Å². The molecule has 7 heteroatoms. The molecule has 0 spiro atoms. The number of carbonyl (C=O) groups is 3. The van der Waals surface area contributed by atoms with Gasteiger partial charge in [-0.15, -0.1) is 0 Å². The molecule has 33 heavy (non-hydrogen) atoms. The van der Waals surface area contributed by atoms with E-state index in [9.17, 15) is 19.5 Å². The molecule has 0 radical (unpaired) electrons. The van der Waals surface area contributed by atoms with Crippen LogP contribution in [0.1, 0.15) is 59.2 Å². The van der Waals surface area contributed by atoms with Crippen LogP contribution in [-0.2, 0) is 19.0 Å². The Balaban J connectivity index is 1.48. The van der Waals surface area contributed by atoms with Gasteiger partial charge in [-0.3, -0.25) is 4.79 Å². The molecule has 1 aliphatic carbocycles. The Morgan fingerprint density at radius 2 is 1.52 bits per heavy atom. The molecule has 0 amide bonds. The van der Waals surface area contributed by atoms with Crippen molar-refractivity contribution in [2.45, 2.75) is 56.3 Å². The number of aliphatic hydroxyl groups is 1. The zero-order chi connectivity index (χ0) is 23.3. The van der Waals surface area contributed by atoms with Gasteiger partial charge in [0.15, 0.2) is 6.10 Å². The Hall–Kier alpha value is -3.19. The maximum Gasteiger partial charge on any atom is 0.338 e. The van der Waals surface area contributed by atoms with Crippen molar-refractivity contribution in [3.05, 3.63) is 71.8 Å². The van der Waals surface area contributed by atoms with Gasteiger partial charge in [0.05, 0.1) is 22.6 Å². The maximum atomic E-state index is 12.7. The van der Waals surface area contributed by atoms with Crippen LogP contribution < -0.4 is 0 Å². The first kappa shape index (κ1) is 23.0. The lowest BCUT2D eigenvalue weighted by molar-refractivity contribution is -0.155. The van der Waals surface area contributed by atoms with Crippen LogP contribution in [0.25, 0.3) is 0 Å². The van der Waals surface area contributed by atoms with E-state index in [1.54, 1.807) is 60.7 Å². The minimum absolute atomic E-state index is 0.199. The second-order valence-corrected chi connectivity index (χ2v) is 8.70. The van der Waals surface area contributed by atoms with Crippen LogP contribution in [0, 0.1) is 5.92 Å². The maximum absolute atomic E-state index is 12.7. The van der Waals surface area contributed by atoms with E-state index in [0.717, 1.165) is 19.3 Å². The molecular weight excluding hydrogens is 424 g/mol. The summed E-state index contributed by atoms with van der Waals surface area (Å²) in [6.07, 6.45) is 2.20. The molecule has 4 rings (SSSR count). The molecule has 3 atom stereocenters. The fraction of sp³-hybridized carbons (Fsp3) is 0.423. The molecule has 1 aliphatic heterocycles. The van der Waals surface area contributed by atoms with Crippen molar-refractivity contribution >= 4 is 17.9 Å². The molecule has 1 N–H and O–H groups in total. The van der Waals surface area contributed by atoms with Gasteiger partial charge in [-0.1, -0.05) is 55.7 Å². The molecule has 2 aliphatic rings. The third-order valence-electron chi connectivity index (χ3n) is 6.46. The highest BCUT2D eigenvalue weighted by Crippen LogP contribution is 2.41. The molecular formula is C26H28O7. The van der Waals surface area contributed by atoms with E-state index in [1.807, 2.05) is 0 Å². The standard InChI is InChI=1S/C26H28O7/c27-23(18-10-4-1-5-11-18)31-17-22(33-24(28)19-12-6-2-7-13-19)21-16-20(25(29)32-21)26(30)14-8-3-9-15-26/h1-2,4-7,10-13,20-22,30H,3,8-9,14-17H2/t20-,21-,22-/m0/s1. The van der Waals surface area contributed by atoms with Gasteiger partial charge >= 0.3 is 17.9 Å². The summed E-state index contributed by atoms with van der Waals surface area (Å²) in [6.45, 7) is -0.268. The second kappa shape index (κ2) is 10.2. The Morgan fingerprint density at radius 1 is 0.939 bits per heavy atom. The highest BCUT2D eigenvalue weighted by molar-refractivity contribution is 5.90. The lowest BCUT2D eigenvalue weighted by Gasteiger charge is -2.35. The Kier molecular flexibility index (Phi) is 7.08. The third kappa shape index (κ3) is 5.42. The van der Waals surface area contributed by atoms with Gasteiger partial charge in [0.1, 0.15) is 12.7 Å². The zero-order valence-electron chi connectivity index (χ0n) is 18.4.